The molecule has 2 heterocycles. The Bertz CT molecular complexity index is 1010. The zero-order valence-electron chi connectivity index (χ0n) is 15.6. The van der Waals surface area contributed by atoms with E-state index in [1.54, 1.807) is 24.3 Å². The Balaban J connectivity index is 1.47. The van der Waals surface area contributed by atoms with Crippen LogP contribution < -0.4 is 5.32 Å². The van der Waals surface area contributed by atoms with Crippen LogP contribution in [0.1, 0.15) is 31.2 Å². The number of carbonyl (C=O) groups is 1. The molecule has 0 bridgehead atoms. The molecule has 4 rings (SSSR count). The summed E-state index contributed by atoms with van der Waals surface area (Å²) in [6, 6.07) is 11.6. The fraction of sp³-hybridized carbons (Fsp3) is 0.286. The number of hydrogen-bond donors (Lipinski definition) is 1. The number of aromatic nitrogens is 2. The number of rotatable bonds is 5. The first-order valence-corrected chi connectivity index (χ1v) is 9.47. The number of halogens is 2. The molecule has 0 spiro atoms. The predicted molar refractivity (Wildman–Crippen MR) is 103 cm³/mol. The van der Waals surface area contributed by atoms with Gasteiger partial charge in [0.05, 0.1) is 12.6 Å². The molecule has 150 valence electrons. The van der Waals surface area contributed by atoms with Crippen molar-refractivity contribution in [3.63, 3.8) is 0 Å². The van der Waals surface area contributed by atoms with Crippen LogP contribution in [0.2, 0.25) is 0 Å². The summed E-state index contributed by atoms with van der Waals surface area (Å²) in [5.41, 5.74) is 0.945. The predicted octanol–water partition coefficient (Wildman–Crippen LogP) is 4.18. The number of amides is 1. The van der Waals surface area contributed by atoms with Crippen molar-refractivity contribution in [3.8, 4) is 11.4 Å². The van der Waals surface area contributed by atoms with Crippen LogP contribution in [0.25, 0.3) is 11.4 Å². The van der Waals surface area contributed by atoms with Gasteiger partial charge in [0, 0.05) is 11.3 Å². The average molecular weight is 398 g/mol. The van der Waals surface area contributed by atoms with Crippen LogP contribution in [0.3, 0.4) is 0 Å². The summed E-state index contributed by atoms with van der Waals surface area (Å²) in [5.74, 6) is -0.305. The second kappa shape index (κ2) is 8.48. The van der Waals surface area contributed by atoms with Crippen LogP contribution >= 0.6 is 0 Å². The monoisotopic (exact) mass is 398 g/mol. The third-order valence-electron chi connectivity index (χ3n) is 4.88. The van der Waals surface area contributed by atoms with E-state index in [1.165, 1.54) is 24.3 Å². The maximum absolute atomic E-state index is 13.5. The molecule has 1 atom stereocenters. The number of likely N-dealkylation sites (tertiary alicyclic amines) is 1. The van der Waals surface area contributed by atoms with Crippen LogP contribution in [-0.2, 0) is 4.79 Å². The molecule has 29 heavy (non-hydrogen) atoms. The molecule has 2 aromatic carbocycles. The highest BCUT2D eigenvalue weighted by Gasteiger charge is 2.30. The third kappa shape index (κ3) is 4.65. The molecule has 3 aromatic rings. The largest absolute Gasteiger partial charge is 0.337 e. The topological polar surface area (TPSA) is 71.3 Å². The zero-order chi connectivity index (χ0) is 20.2. The Labute approximate surface area is 166 Å². The SMILES string of the molecule is O=C(CN1CCCC[C@@H]1c1nc(-c2cccc(F)c2)no1)Nc1cccc(F)c1. The molecular formula is C21H20F2N4O2. The quantitative estimate of drug-likeness (QED) is 0.698. The van der Waals surface area contributed by atoms with E-state index < -0.39 is 5.82 Å². The van der Waals surface area contributed by atoms with Crippen molar-refractivity contribution in [1.82, 2.24) is 15.0 Å². The standard InChI is InChI=1S/C21H20F2N4O2/c22-15-6-3-5-14(11-15)20-25-21(29-26-20)18-9-1-2-10-27(18)13-19(28)24-17-8-4-7-16(23)12-17/h3-8,11-12,18H,1-2,9-10,13H2,(H,24,28)/t18-/m1/s1. The van der Waals surface area contributed by atoms with Gasteiger partial charge in [-0.3, -0.25) is 9.69 Å². The van der Waals surface area contributed by atoms with Crippen LogP contribution in [0.15, 0.2) is 53.1 Å². The first-order chi connectivity index (χ1) is 14.1. The maximum Gasteiger partial charge on any atom is 0.244 e. The van der Waals surface area contributed by atoms with Crippen molar-refractivity contribution in [2.75, 3.05) is 18.4 Å². The van der Waals surface area contributed by atoms with Gasteiger partial charge in [-0.25, -0.2) is 8.78 Å². The molecule has 0 unspecified atom stereocenters. The normalized spacial score (nSPS) is 17.2. The molecule has 1 saturated heterocycles. The molecule has 8 heteroatoms. The first kappa shape index (κ1) is 19.2. The average Bonchev–Trinajstić information content (AvgIpc) is 3.18. The molecule has 1 amide bonds. The smallest absolute Gasteiger partial charge is 0.244 e. The second-order valence-corrected chi connectivity index (χ2v) is 7.01. The van der Waals surface area contributed by atoms with Crippen molar-refractivity contribution < 1.29 is 18.1 Å². The molecule has 1 aliphatic heterocycles. The van der Waals surface area contributed by atoms with Crippen LogP contribution in [0.4, 0.5) is 14.5 Å². The molecule has 6 nitrogen and oxygen atoms in total. The fourth-order valence-corrected chi connectivity index (χ4v) is 3.53. The van der Waals surface area contributed by atoms with Gasteiger partial charge in [0.2, 0.25) is 17.6 Å². The Kier molecular flexibility index (Phi) is 5.62. The number of piperidine rings is 1. The number of nitrogens with zero attached hydrogens (tertiary/aromatic N) is 3. The van der Waals surface area contributed by atoms with E-state index in [4.69, 9.17) is 4.52 Å². The highest BCUT2D eigenvalue weighted by Crippen LogP contribution is 2.31. The summed E-state index contributed by atoms with van der Waals surface area (Å²) >= 11 is 0. The van der Waals surface area contributed by atoms with Gasteiger partial charge in [-0.05, 0) is 49.7 Å². The van der Waals surface area contributed by atoms with E-state index in [0.717, 1.165) is 19.3 Å². The number of carbonyl (C=O) groups excluding carboxylic acids is 1. The Hall–Kier alpha value is -3.13. The summed E-state index contributed by atoms with van der Waals surface area (Å²) in [4.78, 5) is 18.9. The number of benzene rings is 2. The van der Waals surface area contributed by atoms with Gasteiger partial charge in [-0.2, -0.15) is 4.98 Å². The summed E-state index contributed by atoms with van der Waals surface area (Å²) < 4.78 is 32.2. The van der Waals surface area contributed by atoms with Crippen LogP contribution in [0.5, 0.6) is 0 Å². The highest BCUT2D eigenvalue weighted by molar-refractivity contribution is 5.92. The van der Waals surface area contributed by atoms with Gasteiger partial charge in [0.15, 0.2) is 0 Å². The van der Waals surface area contributed by atoms with Crippen molar-refractivity contribution in [3.05, 3.63) is 66.1 Å². The minimum Gasteiger partial charge on any atom is -0.337 e. The number of nitrogens with one attached hydrogen (secondary N) is 1. The minimum atomic E-state index is -0.408. The van der Waals surface area contributed by atoms with E-state index in [0.29, 0.717) is 29.5 Å². The Morgan fingerprint density at radius 1 is 1.14 bits per heavy atom. The third-order valence-corrected chi connectivity index (χ3v) is 4.88. The molecule has 1 N–H and O–H groups in total. The highest BCUT2D eigenvalue weighted by atomic mass is 19.1. The van der Waals surface area contributed by atoms with Crippen LogP contribution in [-0.4, -0.2) is 34.0 Å². The lowest BCUT2D eigenvalue weighted by Crippen LogP contribution is -2.39. The Morgan fingerprint density at radius 3 is 2.72 bits per heavy atom. The van der Waals surface area contributed by atoms with Gasteiger partial charge >= 0.3 is 0 Å². The summed E-state index contributed by atoms with van der Waals surface area (Å²) in [6.07, 6.45) is 2.71. The lowest BCUT2D eigenvalue weighted by Gasteiger charge is -2.32. The van der Waals surface area contributed by atoms with Gasteiger partial charge in [-0.15, -0.1) is 0 Å². The molecule has 1 aromatic heterocycles. The van der Waals surface area contributed by atoms with Gasteiger partial charge in [0.1, 0.15) is 11.6 Å². The van der Waals surface area contributed by atoms with Crippen molar-refractivity contribution >= 4 is 11.6 Å². The van der Waals surface area contributed by atoms with Crippen LogP contribution in [0, 0.1) is 11.6 Å². The minimum absolute atomic E-state index is 0.124. The number of anilines is 1. The summed E-state index contributed by atoms with van der Waals surface area (Å²) in [7, 11) is 0. The van der Waals surface area contributed by atoms with E-state index in [1.807, 2.05) is 4.90 Å². The van der Waals surface area contributed by atoms with Gasteiger partial charge in [0.25, 0.3) is 0 Å². The fourth-order valence-electron chi connectivity index (χ4n) is 3.53. The van der Waals surface area contributed by atoms with E-state index in [-0.39, 0.29) is 24.3 Å². The van der Waals surface area contributed by atoms with E-state index >= 15 is 0 Å². The molecule has 0 radical (unpaired) electrons. The van der Waals surface area contributed by atoms with Crippen molar-refractivity contribution in [2.45, 2.75) is 25.3 Å². The second-order valence-electron chi connectivity index (χ2n) is 7.01. The number of hydrogen-bond acceptors (Lipinski definition) is 5. The maximum atomic E-state index is 13.5. The molecule has 1 aliphatic rings. The molecule has 0 aliphatic carbocycles. The van der Waals surface area contributed by atoms with Crippen molar-refractivity contribution in [2.24, 2.45) is 0 Å². The molecular weight excluding hydrogens is 378 g/mol. The summed E-state index contributed by atoms with van der Waals surface area (Å²) in [5, 5.41) is 6.68. The first-order valence-electron chi connectivity index (χ1n) is 9.47. The van der Waals surface area contributed by atoms with Crippen molar-refractivity contribution in [1.29, 1.82) is 0 Å². The van der Waals surface area contributed by atoms with E-state index in [9.17, 15) is 13.6 Å². The lowest BCUT2D eigenvalue weighted by atomic mass is 10.0. The van der Waals surface area contributed by atoms with E-state index in [2.05, 4.69) is 15.5 Å². The summed E-state index contributed by atoms with van der Waals surface area (Å²) in [6.45, 7) is 0.831. The molecule has 0 saturated carbocycles. The van der Waals surface area contributed by atoms with Gasteiger partial charge in [-0.1, -0.05) is 29.8 Å². The van der Waals surface area contributed by atoms with Gasteiger partial charge < -0.3 is 9.84 Å². The molecule has 1 fully saturated rings. The zero-order valence-corrected chi connectivity index (χ0v) is 15.6. The Morgan fingerprint density at radius 2 is 1.93 bits per heavy atom. The lowest BCUT2D eigenvalue weighted by molar-refractivity contribution is -0.118.